The predicted octanol–water partition coefficient (Wildman–Crippen LogP) is 1.35. The maximum absolute atomic E-state index is 12.1. The average molecular weight is 260 g/mol. The van der Waals surface area contributed by atoms with Gasteiger partial charge >= 0.3 is 0 Å². The zero-order valence-corrected chi connectivity index (χ0v) is 10.7. The lowest BCUT2D eigenvalue weighted by atomic mass is 9.98. The van der Waals surface area contributed by atoms with E-state index in [4.69, 9.17) is 0 Å². The summed E-state index contributed by atoms with van der Waals surface area (Å²) in [6.45, 7) is 1.82. The van der Waals surface area contributed by atoms with Crippen molar-refractivity contribution in [3.8, 4) is 0 Å². The fourth-order valence-electron chi connectivity index (χ4n) is 2.09. The molecular weight excluding hydrogens is 244 g/mol. The summed E-state index contributed by atoms with van der Waals surface area (Å²) in [5, 5.41) is 5.43. The van der Waals surface area contributed by atoms with Gasteiger partial charge in [-0.3, -0.25) is 14.4 Å². The molecule has 1 atom stereocenters. The van der Waals surface area contributed by atoms with Crippen molar-refractivity contribution >= 4 is 23.3 Å². The highest BCUT2D eigenvalue weighted by Gasteiger charge is 2.25. The lowest BCUT2D eigenvalue weighted by Crippen LogP contribution is -2.40. The molecule has 1 aromatic rings. The van der Waals surface area contributed by atoms with Gasteiger partial charge in [0, 0.05) is 18.5 Å². The molecule has 2 amide bonds. The molecule has 0 aromatic heterocycles. The lowest BCUT2D eigenvalue weighted by molar-refractivity contribution is -0.126. The quantitative estimate of drug-likeness (QED) is 0.806. The minimum absolute atomic E-state index is 0.0202. The van der Waals surface area contributed by atoms with Crippen LogP contribution in [0.2, 0.25) is 0 Å². The average Bonchev–Trinajstić information content (AvgIpc) is 2.39. The van der Waals surface area contributed by atoms with Gasteiger partial charge in [-0.05, 0) is 25.5 Å². The van der Waals surface area contributed by atoms with Crippen LogP contribution in [0.5, 0.6) is 0 Å². The van der Waals surface area contributed by atoms with Crippen molar-refractivity contribution in [1.82, 2.24) is 5.32 Å². The monoisotopic (exact) mass is 260 g/mol. The molecule has 1 fully saturated rings. The van der Waals surface area contributed by atoms with Crippen molar-refractivity contribution in [3.05, 3.63) is 29.8 Å². The molecule has 0 bridgehead atoms. The van der Waals surface area contributed by atoms with Gasteiger partial charge in [-0.1, -0.05) is 12.1 Å². The third kappa shape index (κ3) is 3.19. The Morgan fingerprint density at radius 2 is 2.05 bits per heavy atom. The number of carbonyl (C=O) groups excluding carboxylic acids is 3. The number of benzene rings is 1. The van der Waals surface area contributed by atoms with Crippen LogP contribution in [-0.2, 0) is 9.59 Å². The standard InChI is InChI=1S/C14H16N2O3/c1-9(17)11-4-2-3-5-12(11)16-14(19)10-6-7-13(18)15-8-10/h2-5,10H,6-8H2,1H3,(H,15,18)(H,16,19). The first-order chi connectivity index (χ1) is 9.08. The smallest absolute Gasteiger partial charge is 0.229 e. The van der Waals surface area contributed by atoms with Crippen LogP contribution in [-0.4, -0.2) is 24.1 Å². The van der Waals surface area contributed by atoms with Crippen molar-refractivity contribution in [2.75, 3.05) is 11.9 Å². The minimum Gasteiger partial charge on any atom is -0.355 e. The normalized spacial score (nSPS) is 18.6. The van der Waals surface area contributed by atoms with E-state index in [1.54, 1.807) is 24.3 Å². The number of para-hydroxylation sites is 1. The molecule has 0 aliphatic carbocycles. The second kappa shape index (κ2) is 5.65. The highest BCUT2D eigenvalue weighted by molar-refractivity contribution is 6.04. The van der Waals surface area contributed by atoms with E-state index in [1.165, 1.54) is 6.92 Å². The van der Waals surface area contributed by atoms with Crippen LogP contribution in [0, 0.1) is 5.92 Å². The van der Waals surface area contributed by atoms with Crippen molar-refractivity contribution in [3.63, 3.8) is 0 Å². The number of piperidine rings is 1. The Morgan fingerprint density at radius 3 is 2.68 bits per heavy atom. The largest absolute Gasteiger partial charge is 0.355 e. The van der Waals surface area contributed by atoms with Crippen LogP contribution in [0.3, 0.4) is 0 Å². The van der Waals surface area contributed by atoms with E-state index in [0.29, 0.717) is 30.6 Å². The van der Waals surface area contributed by atoms with E-state index >= 15 is 0 Å². The third-order valence-corrected chi connectivity index (χ3v) is 3.20. The summed E-state index contributed by atoms with van der Waals surface area (Å²) >= 11 is 0. The Balaban J connectivity index is 2.07. The van der Waals surface area contributed by atoms with Crippen LogP contribution in [0.15, 0.2) is 24.3 Å². The Bertz CT molecular complexity index is 515. The number of hydrogen-bond acceptors (Lipinski definition) is 3. The molecule has 0 spiro atoms. The van der Waals surface area contributed by atoms with Gasteiger partial charge in [-0.25, -0.2) is 0 Å². The SMILES string of the molecule is CC(=O)c1ccccc1NC(=O)C1CCC(=O)NC1. The van der Waals surface area contributed by atoms with E-state index in [2.05, 4.69) is 10.6 Å². The van der Waals surface area contributed by atoms with Gasteiger partial charge in [-0.15, -0.1) is 0 Å². The van der Waals surface area contributed by atoms with Crippen LogP contribution in [0.1, 0.15) is 30.1 Å². The van der Waals surface area contributed by atoms with Crippen LogP contribution < -0.4 is 10.6 Å². The molecule has 1 aromatic carbocycles. The van der Waals surface area contributed by atoms with Crippen molar-refractivity contribution in [1.29, 1.82) is 0 Å². The molecule has 5 heteroatoms. The minimum atomic E-state index is -0.238. The molecule has 0 saturated carbocycles. The Labute approximate surface area is 111 Å². The number of rotatable bonds is 3. The van der Waals surface area contributed by atoms with E-state index in [9.17, 15) is 14.4 Å². The topological polar surface area (TPSA) is 75.3 Å². The van der Waals surface area contributed by atoms with Gasteiger partial charge in [0.25, 0.3) is 0 Å². The summed E-state index contributed by atoms with van der Waals surface area (Å²) in [6.07, 6.45) is 0.909. The molecule has 19 heavy (non-hydrogen) atoms. The van der Waals surface area contributed by atoms with Gasteiger partial charge < -0.3 is 10.6 Å². The number of ketones is 1. The molecule has 1 heterocycles. The molecule has 100 valence electrons. The molecule has 1 aliphatic heterocycles. The van der Waals surface area contributed by atoms with E-state index < -0.39 is 0 Å². The molecule has 1 unspecified atom stereocenters. The highest BCUT2D eigenvalue weighted by atomic mass is 16.2. The lowest BCUT2D eigenvalue weighted by Gasteiger charge is -2.22. The molecule has 2 N–H and O–H groups in total. The van der Waals surface area contributed by atoms with Gasteiger partial charge in [-0.2, -0.15) is 0 Å². The fourth-order valence-corrected chi connectivity index (χ4v) is 2.09. The van der Waals surface area contributed by atoms with Crippen molar-refractivity contribution in [2.24, 2.45) is 5.92 Å². The Morgan fingerprint density at radius 1 is 1.32 bits per heavy atom. The van der Waals surface area contributed by atoms with E-state index in [1.807, 2.05) is 0 Å². The van der Waals surface area contributed by atoms with E-state index in [0.717, 1.165) is 0 Å². The van der Waals surface area contributed by atoms with Crippen LogP contribution >= 0.6 is 0 Å². The second-order valence-electron chi connectivity index (χ2n) is 4.63. The predicted molar refractivity (Wildman–Crippen MR) is 70.8 cm³/mol. The van der Waals surface area contributed by atoms with Gasteiger partial charge in [0.2, 0.25) is 11.8 Å². The highest BCUT2D eigenvalue weighted by Crippen LogP contribution is 2.18. The summed E-state index contributed by atoms with van der Waals surface area (Å²) in [4.78, 5) is 34.6. The van der Waals surface area contributed by atoms with Crippen LogP contribution in [0.25, 0.3) is 0 Å². The maximum atomic E-state index is 12.1. The fraction of sp³-hybridized carbons (Fsp3) is 0.357. The number of nitrogens with one attached hydrogen (secondary N) is 2. The van der Waals surface area contributed by atoms with Crippen molar-refractivity contribution in [2.45, 2.75) is 19.8 Å². The second-order valence-corrected chi connectivity index (χ2v) is 4.63. The first-order valence-corrected chi connectivity index (χ1v) is 6.25. The summed E-state index contributed by atoms with van der Waals surface area (Å²) < 4.78 is 0. The number of anilines is 1. The van der Waals surface area contributed by atoms with Gasteiger partial charge in [0.15, 0.2) is 5.78 Å². The summed E-state index contributed by atoms with van der Waals surface area (Å²) in [6, 6.07) is 6.91. The van der Waals surface area contributed by atoms with Gasteiger partial charge in [0.05, 0.1) is 11.6 Å². The summed E-state index contributed by atoms with van der Waals surface area (Å²) in [5.41, 5.74) is 1.02. The maximum Gasteiger partial charge on any atom is 0.229 e. The molecule has 0 radical (unpaired) electrons. The van der Waals surface area contributed by atoms with Crippen LogP contribution in [0.4, 0.5) is 5.69 Å². The number of carbonyl (C=O) groups is 3. The summed E-state index contributed by atoms with van der Waals surface area (Å²) in [7, 11) is 0. The number of Topliss-reactive ketones (excluding diaryl/α,β-unsaturated/α-hetero) is 1. The number of amides is 2. The first kappa shape index (κ1) is 13.3. The van der Waals surface area contributed by atoms with Gasteiger partial charge in [0.1, 0.15) is 0 Å². The summed E-state index contributed by atoms with van der Waals surface area (Å²) in [5.74, 6) is -0.507. The zero-order chi connectivity index (χ0) is 13.8. The molecular formula is C14H16N2O3. The first-order valence-electron chi connectivity index (χ1n) is 6.25. The zero-order valence-electron chi connectivity index (χ0n) is 10.7. The molecule has 1 aliphatic rings. The van der Waals surface area contributed by atoms with E-state index in [-0.39, 0.29) is 23.5 Å². The molecule has 5 nitrogen and oxygen atoms in total. The Hall–Kier alpha value is -2.17. The third-order valence-electron chi connectivity index (χ3n) is 3.20. The van der Waals surface area contributed by atoms with Crippen molar-refractivity contribution < 1.29 is 14.4 Å². The Kier molecular flexibility index (Phi) is 3.94. The molecule has 2 rings (SSSR count). The number of hydrogen-bond donors (Lipinski definition) is 2. The molecule has 1 saturated heterocycles.